The van der Waals surface area contributed by atoms with Crippen LogP contribution < -0.4 is 9.88 Å². The lowest BCUT2D eigenvalue weighted by atomic mass is 9.91. The van der Waals surface area contributed by atoms with E-state index in [1.165, 1.54) is 33.4 Å². The molecule has 3 N–H and O–H groups in total. The first-order valence-corrected chi connectivity index (χ1v) is 13.0. The van der Waals surface area contributed by atoms with Crippen LogP contribution in [0.25, 0.3) is 11.1 Å². The average molecular weight is 480 g/mol. The summed E-state index contributed by atoms with van der Waals surface area (Å²) in [5, 5.41) is 14.3. The Morgan fingerprint density at radius 3 is 2.32 bits per heavy atom. The number of aryl methyl sites for hydroxylation is 2. The minimum Gasteiger partial charge on any atom is -0.486 e. The molecule has 34 heavy (non-hydrogen) atoms. The van der Waals surface area contributed by atoms with Gasteiger partial charge in [0.05, 0.1) is 12.2 Å². The van der Waals surface area contributed by atoms with Gasteiger partial charge in [0.1, 0.15) is 11.9 Å². The van der Waals surface area contributed by atoms with Crippen LogP contribution in [0.1, 0.15) is 52.7 Å². The molecule has 1 aliphatic rings. The van der Waals surface area contributed by atoms with Crippen LogP contribution in [0.15, 0.2) is 60.7 Å². The third kappa shape index (κ3) is 5.32. The number of carbonyl (C=O) groups is 1. The molecule has 0 radical (unpaired) electrons. The van der Waals surface area contributed by atoms with E-state index in [9.17, 15) is 13.2 Å². The molecule has 0 saturated heterocycles. The summed E-state index contributed by atoms with van der Waals surface area (Å²) in [6, 6.07) is 19.7. The van der Waals surface area contributed by atoms with Crippen molar-refractivity contribution in [1.82, 2.24) is 0 Å². The van der Waals surface area contributed by atoms with E-state index in [1.54, 1.807) is 24.3 Å². The molecule has 0 amide bonds. The van der Waals surface area contributed by atoms with E-state index in [0.717, 1.165) is 12.8 Å². The van der Waals surface area contributed by atoms with Crippen LogP contribution in [0, 0.1) is 13.8 Å². The van der Waals surface area contributed by atoms with Gasteiger partial charge in [-0.1, -0.05) is 48.5 Å². The van der Waals surface area contributed by atoms with Gasteiger partial charge in [-0.05, 0) is 77.8 Å². The lowest BCUT2D eigenvalue weighted by Gasteiger charge is -2.18. The first-order valence-electron chi connectivity index (χ1n) is 11.3. The number of carboxylic acids is 1. The van der Waals surface area contributed by atoms with Gasteiger partial charge in [-0.15, -0.1) is 0 Å². The summed E-state index contributed by atoms with van der Waals surface area (Å²) < 4.78 is 29.4. The van der Waals surface area contributed by atoms with Gasteiger partial charge in [-0.3, -0.25) is 4.79 Å². The normalized spacial score (nSPS) is 16.1. The van der Waals surface area contributed by atoms with E-state index in [2.05, 4.69) is 50.2 Å². The Bertz CT molecular complexity index is 1300. The van der Waals surface area contributed by atoms with Crippen molar-refractivity contribution in [3.05, 3.63) is 88.5 Å². The minimum atomic E-state index is -3.81. The van der Waals surface area contributed by atoms with Gasteiger partial charge < -0.3 is 9.84 Å². The molecule has 0 fully saturated rings. The fraction of sp³-hybridized carbons (Fsp3) is 0.296. The van der Waals surface area contributed by atoms with Crippen LogP contribution in [-0.4, -0.2) is 25.2 Å². The van der Waals surface area contributed by atoms with Crippen molar-refractivity contribution in [2.45, 2.75) is 45.1 Å². The van der Waals surface area contributed by atoms with Crippen LogP contribution in [0.4, 0.5) is 0 Å². The molecule has 4 rings (SSSR count). The van der Waals surface area contributed by atoms with Gasteiger partial charge in [0.2, 0.25) is 10.0 Å². The van der Waals surface area contributed by atoms with Gasteiger partial charge in [0, 0.05) is 5.92 Å². The van der Waals surface area contributed by atoms with E-state index in [0.29, 0.717) is 11.3 Å². The van der Waals surface area contributed by atoms with E-state index in [-0.39, 0.29) is 12.5 Å². The van der Waals surface area contributed by atoms with Gasteiger partial charge in [0.25, 0.3) is 0 Å². The Kier molecular flexibility index (Phi) is 6.77. The summed E-state index contributed by atoms with van der Waals surface area (Å²) in [7, 11) is -3.81. The molecule has 0 heterocycles. The predicted molar refractivity (Wildman–Crippen MR) is 132 cm³/mol. The lowest BCUT2D eigenvalue weighted by Crippen LogP contribution is -2.23. The number of primary sulfonamides is 1. The van der Waals surface area contributed by atoms with Crippen LogP contribution >= 0.6 is 0 Å². The number of rotatable bonds is 8. The standard InChI is InChI=1S/C27H29NO5S/c1-17-5-3-6-18(2)27(17)24-8-4-7-23-22(24)13-14-25(23)33-21-11-9-19(10-12-21)20(15-26(29)30)16-34(28,31)32/h3-12,20,25H,13-16H2,1-2H3,(H,29,30)(H2,28,31,32)/t20?,25-/m1/s1. The quantitative estimate of drug-likeness (QED) is 0.479. The topological polar surface area (TPSA) is 107 Å². The fourth-order valence-corrected chi connectivity index (χ4v) is 5.83. The Hall–Kier alpha value is -3.16. The smallest absolute Gasteiger partial charge is 0.303 e. The molecular formula is C27H29NO5S. The predicted octanol–water partition coefficient (Wildman–Crippen LogP) is 4.88. The Labute approximate surface area is 200 Å². The van der Waals surface area contributed by atoms with Crippen molar-refractivity contribution in [2.24, 2.45) is 5.14 Å². The molecule has 1 unspecified atom stereocenters. The third-order valence-electron chi connectivity index (χ3n) is 6.45. The second-order valence-electron chi connectivity index (χ2n) is 8.98. The number of aliphatic carboxylic acids is 1. The number of hydrogen-bond donors (Lipinski definition) is 2. The van der Waals surface area contributed by atoms with Crippen molar-refractivity contribution in [3.63, 3.8) is 0 Å². The minimum absolute atomic E-state index is 0.0793. The number of sulfonamides is 1. The second kappa shape index (κ2) is 9.60. The molecule has 3 aromatic carbocycles. The lowest BCUT2D eigenvalue weighted by molar-refractivity contribution is -0.137. The Morgan fingerprint density at radius 1 is 1.06 bits per heavy atom. The number of carboxylic acid groups (broad SMARTS) is 1. The zero-order chi connectivity index (χ0) is 24.5. The van der Waals surface area contributed by atoms with Gasteiger partial charge in [-0.2, -0.15) is 0 Å². The SMILES string of the molecule is Cc1cccc(C)c1-c1cccc2c1CC[C@H]2Oc1ccc(C(CC(=O)O)CS(N)(=O)=O)cc1. The fourth-order valence-electron chi connectivity index (χ4n) is 4.96. The van der Waals surface area contributed by atoms with Crippen LogP contribution in [0.5, 0.6) is 5.75 Å². The summed E-state index contributed by atoms with van der Waals surface area (Å²) in [6.45, 7) is 4.28. The Balaban J connectivity index is 1.56. The maximum atomic E-state index is 11.5. The van der Waals surface area contributed by atoms with Gasteiger partial charge in [-0.25, -0.2) is 13.6 Å². The van der Waals surface area contributed by atoms with Crippen molar-refractivity contribution < 1.29 is 23.1 Å². The highest BCUT2D eigenvalue weighted by Gasteiger charge is 2.27. The first kappa shape index (κ1) is 24.0. The van der Waals surface area contributed by atoms with E-state index in [1.807, 2.05) is 0 Å². The summed E-state index contributed by atoms with van der Waals surface area (Å²) in [6.07, 6.45) is 1.40. The molecule has 1 aliphatic carbocycles. The highest BCUT2D eigenvalue weighted by Crippen LogP contribution is 2.41. The molecule has 7 heteroatoms. The summed E-state index contributed by atoms with van der Waals surface area (Å²) in [4.78, 5) is 11.2. The van der Waals surface area contributed by atoms with Crippen LogP contribution in [0.2, 0.25) is 0 Å². The zero-order valence-corrected chi connectivity index (χ0v) is 20.1. The molecule has 0 spiro atoms. The molecule has 178 valence electrons. The van der Waals surface area contributed by atoms with Crippen molar-refractivity contribution in [1.29, 1.82) is 0 Å². The summed E-state index contributed by atoms with van der Waals surface area (Å²) in [5.74, 6) is -1.55. The number of nitrogens with two attached hydrogens (primary N) is 1. The molecule has 0 bridgehead atoms. The molecule has 2 atom stereocenters. The third-order valence-corrected chi connectivity index (χ3v) is 7.32. The number of ether oxygens (including phenoxy) is 1. The van der Waals surface area contributed by atoms with E-state index in [4.69, 9.17) is 15.0 Å². The molecule has 6 nitrogen and oxygen atoms in total. The van der Waals surface area contributed by atoms with Crippen LogP contribution in [0.3, 0.4) is 0 Å². The first-order chi connectivity index (χ1) is 16.1. The molecule has 0 saturated carbocycles. The largest absolute Gasteiger partial charge is 0.486 e. The highest BCUT2D eigenvalue weighted by molar-refractivity contribution is 7.89. The number of fused-ring (bicyclic) bond motifs is 1. The highest BCUT2D eigenvalue weighted by atomic mass is 32.2. The summed E-state index contributed by atoms with van der Waals surface area (Å²) >= 11 is 0. The molecule has 0 aromatic heterocycles. The number of benzene rings is 3. The number of hydrogen-bond acceptors (Lipinski definition) is 4. The van der Waals surface area contributed by atoms with Crippen molar-refractivity contribution in [3.8, 4) is 16.9 Å². The second-order valence-corrected chi connectivity index (χ2v) is 10.6. The molecule has 0 aliphatic heterocycles. The monoisotopic (exact) mass is 479 g/mol. The van der Waals surface area contributed by atoms with E-state index < -0.39 is 27.7 Å². The zero-order valence-electron chi connectivity index (χ0n) is 19.3. The van der Waals surface area contributed by atoms with Gasteiger partial charge in [0.15, 0.2) is 0 Å². The molecular weight excluding hydrogens is 450 g/mol. The van der Waals surface area contributed by atoms with Crippen LogP contribution in [-0.2, 0) is 21.2 Å². The van der Waals surface area contributed by atoms with Crippen molar-refractivity contribution in [2.75, 3.05) is 5.75 Å². The maximum Gasteiger partial charge on any atom is 0.303 e. The Morgan fingerprint density at radius 2 is 1.71 bits per heavy atom. The average Bonchev–Trinajstić information content (AvgIpc) is 3.16. The maximum absolute atomic E-state index is 11.5. The molecule has 3 aromatic rings. The van der Waals surface area contributed by atoms with Gasteiger partial charge >= 0.3 is 5.97 Å². The summed E-state index contributed by atoms with van der Waals surface area (Å²) in [5.41, 5.74) is 8.15. The van der Waals surface area contributed by atoms with Crippen molar-refractivity contribution >= 4 is 16.0 Å². The van der Waals surface area contributed by atoms with E-state index >= 15 is 0 Å².